The number of nitrogen functional groups attached to an aromatic ring is 1. The van der Waals surface area contributed by atoms with Gasteiger partial charge < -0.3 is 15.1 Å². The number of nitrogens with two attached hydrogens (primary N) is 1. The van der Waals surface area contributed by atoms with Crippen molar-refractivity contribution in [1.82, 2.24) is 9.13 Å². The zero-order chi connectivity index (χ0) is 18.7. The van der Waals surface area contributed by atoms with Crippen molar-refractivity contribution in [2.24, 2.45) is 7.05 Å². The summed E-state index contributed by atoms with van der Waals surface area (Å²) in [5.74, 6) is 1.13. The van der Waals surface area contributed by atoms with E-state index < -0.39 is 11.2 Å². The molecule has 0 radical (unpaired) electrons. The number of rotatable bonds is 7. The molecule has 0 bridgehead atoms. The monoisotopic (exact) mass is 349 g/mol. The Kier molecular flexibility index (Phi) is 5.63. The van der Waals surface area contributed by atoms with Crippen molar-refractivity contribution in [2.45, 2.75) is 33.4 Å². The van der Waals surface area contributed by atoms with Gasteiger partial charge in [-0.15, -0.1) is 0 Å². The molecular weight excluding hydrogens is 324 g/mol. The van der Waals surface area contributed by atoms with Crippen molar-refractivity contribution in [3.8, 4) is 0 Å². The minimum Gasteiger partial charge on any atom is -0.460 e. The van der Waals surface area contributed by atoms with Crippen LogP contribution in [0.2, 0.25) is 0 Å². The van der Waals surface area contributed by atoms with Crippen LogP contribution in [0.1, 0.15) is 35.2 Å². The summed E-state index contributed by atoms with van der Waals surface area (Å²) < 4.78 is 7.72. The van der Waals surface area contributed by atoms with Crippen LogP contribution in [-0.2, 0) is 20.1 Å². The number of Topliss-reactive ketones (excluding diaryl/α,β-unsaturated/α-hetero) is 1. The van der Waals surface area contributed by atoms with Gasteiger partial charge in [0.1, 0.15) is 30.2 Å². The zero-order valence-corrected chi connectivity index (χ0v) is 15.1. The second kappa shape index (κ2) is 7.52. The van der Waals surface area contributed by atoms with Crippen LogP contribution in [0, 0.1) is 6.92 Å². The Balaban J connectivity index is 2.29. The third kappa shape index (κ3) is 3.90. The van der Waals surface area contributed by atoms with Gasteiger partial charge in [-0.05, 0) is 25.5 Å². The summed E-state index contributed by atoms with van der Waals surface area (Å²) in [4.78, 5) is 38.0. The van der Waals surface area contributed by atoms with Gasteiger partial charge in [0.15, 0.2) is 5.76 Å². The second-order valence-electron chi connectivity index (χ2n) is 6.30. The van der Waals surface area contributed by atoms with Crippen LogP contribution < -0.4 is 21.9 Å². The molecule has 0 aliphatic heterocycles. The van der Waals surface area contributed by atoms with Crippen LogP contribution in [0.5, 0.6) is 0 Å². The van der Waals surface area contributed by atoms with Crippen LogP contribution in [0.15, 0.2) is 26.1 Å². The minimum atomic E-state index is -0.651. The minimum absolute atomic E-state index is 0.0541. The molecule has 25 heavy (non-hydrogen) atoms. The van der Waals surface area contributed by atoms with Crippen LogP contribution in [0.3, 0.4) is 0 Å². The predicted octanol–water partition coefficient (Wildman–Crippen LogP) is -0.662. The summed E-state index contributed by atoms with van der Waals surface area (Å²) in [6.07, 6.45) is 0.666. The first kappa shape index (κ1) is 18.7. The number of aryl methyl sites for hydroxylation is 1. The molecule has 0 fully saturated rings. The third-order valence-corrected chi connectivity index (χ3v) is 4.04. The maximum Gasteiger partial charge on any atom is 0.332 e. The number of likely N-dealkylation sites (N-methyl/N-ethyl adjacent to an activating group) is 1. The molecule has 0 aliphatic rings. The molecule has 2 aromatic heterocycles. The van der Waals surface area contributed by atoms with Gasteiger partial charge in [-0.2, -0.15) is 0 Å². The number of aromatic nitrogens is 2. The highest BCUT2D eigenvalue weighted by atomic mass is 16.3. The quantitative estimate of drug-likeness (QED) is 0.646. The van der Waals surface area contributed by atoms with Gasteiger partial charge in [0, 0.05) is 13.6 Å². The van der Waals surface area contributed by atoms with Crippen molar-refractivity contribution >= 4 is 11.6 Å². The van der Waals surface area contributed by atoms with Crippen molar-refractivity contribution in [2.75, 3.05) is 19.3 Å². The molecule has 8 nitrogen and oxygen atoms in total. The van der Waals surface area contributed by atoms with Gasteiger partial charge in [0.25, 0.3) is 5.56 Å². The number of furan rings is 1. The first-order chi connectivity index (χ1) is 11.8. The molecular formula is C17H25N4O4+. The predicted molar refractivity (Wildman–Crippen MR) is 93.9 cm³/mol. The molecule has 0 spiro atoms. The summed E-state index contributed by atoms with van der Waals surface area (Å²) in [5.41, 5.74) is 4.70. The zero-order valence-electron chi connectivity index (χ0n) is 15.1. The van der Waals surface area contributed by atoms with Crippen LogP contribution in [0.4, 0.5) is 5.82 Å². The van der Waals surface area contributed by atoms with E-state index in [0.717, 1.165) is 21.0 Å². The maximum absolute atomic E-state index is 12.7. The summed E-state index contributed by atoms with van der Waals surface area (Å²) in [6.45, 7) is 4.68. The number of quaternary nitrogens is 1. The largest absolute Gasteiger partial charge is 0.460 e. The highest BCUT2D eigenvalue weighted by molar-refractivity contribution is 6.00. The molecule has 0 aliphatic carbocycles. The Hall–Kier alpha value is -2.61. The van der Waals surface area contributed by atoms with Crippen molar-refractivity contribution in [1.29, 1.82) is 0 Å². The third-order valence-electron chi connectivity index (χ3n) is 4.04. The fourth-order valence-corrected chi connectivity index (χ4v) is 2.79. The molecule has 0 amide bonds. The fourth-order valence-electron chi connectivity index (χ4n) is 2.79. The van der Waals surface area contributed by atoms with Gasteiger partial charge in [-0.25, -0.2) is 4.79 Å². The van der Waals surface area contributed by atoms with Crippen molar-refractivity contribution in [3.63, 3.8) is 0 Å². The highest BCUT2D eigenvalue weighted by Gasteiger charge is 2.24. The first-order valence-electron chi connectivity index (χ1n) is 8.25. The number of nitrogens with one attached hydrogen (secondary N) is 1. The van der Waals surface area contributed by atoms with E-state index in [1.54, 1.807) is 0 Å². The lowest BCUT2D eigenvalue weighted by molar-refractivity contribution is -0.885. The molecule has 0 saturated heterocycles. The van der Waals surface area contributed by atoms with Gasteiger partial charge in [0.2, 0.25) is 5.78 Å². The Morgan fingerprint density at radius 1 is 1.32 bits per heavy atom. The normalized spacial score (nSPS) is 12.3. The molecule has 2 aromatic rings. The van der Waals surface area contributed by atoms with E-state index in [2.05, 4.69) is 0 Å². The average molecular weight is 349 g/mol. The lowest BCUT2D eigenvalue weighted by Crippen LogP contribution is -3.08. The van der Waals surface area contributed by atoms with E-state index >= 15 is 0 Å². The average Bonchev–Trinajstić information content (AvgIpc) is 2.94. The molecule has 1 unspecified atom stereocenters. The van der Waals surface area contributed by atoms with Crippen molar-refractivity contribution in [3.05, 3.63) is 50.1 Å². The first-order valence-corrected chi connectivity index (χ1v) is 8.25. The molecule has 2 heterocycles. The van der Waals surface area contributed by atoms with Gasteiger partial charge >= 0.3 is 5.69 Å². The summed E-state index contributed by atoms with van der Waals surface area (Å²) in [6, 6.07) is 3.72. The van der Waals surface area contributed by atoms with Gasteiger partial charge in [-0.1, -0.05) is 6.92 Å². The number of nitrogens with zero attached hydrogens (tertiary/aromatic N) is 2. The Morgan fingerprint density at radius 3 is 2.56 bits per heavy atom. The van der Waals surface area contributed by atoms with Crippen LogP contribution >= 0.6 is 0 Å². The molecule has 3 N–H and O–H groups in total. The van der Waals surface area contributed by atoms with Crippen LogP contribution in [0.25, 0.3) is 0 Å². The van der Waals surface area contributed by atoms with E-state index in [1.807, 2.05) is 33.0 Å². The topological polar surface area (TPSA) is 105 Å². The lowest BCUT2D eigenvalue weighted by Gasteiger charge is -2.15. The number of hydrogen-bond acceptors (Lipinski definition) is 5. The van der Waals surface area contributed by atoms with Crippen molar-refractivity contribution < 1.29 is 14.1 Å². The fraction of sp³-hybridized carbons (Fsp3) is 0.471. The lowest BCUT2D eigenvalue weighted by atomic mass is 10.1. The number of carbonyl (C=O) groups excluding carboxylic acids is 1. The summed E-state index contributed by atoms with van der Waals surface area (Å²) in [7, 11) is 3.19. The van der Waals surface area contributed by atoms with E-state index in [4.69, 9.17) is 10.2 Å². The van der Waals surface area contributed by atoms with Crippen LogP contribution in [-0.4, -0.2) is 28.5 Å². The Morgan fingerprint density at radius 2 is 2.00 bits per heavy atom. The number of anilines is 1. The Bertz CT molecular complexity index is 891. The SMILES string of the molecule is CCCn1c(N)c(C(=O)C[NH+](C)Cc2ccc(C)o2)c(=O)n(C)c1=O. The smallest absolute Gasteiger partial charge is 0.332 e. The van der Waals surface area contributed by atoms with E-state index in [-0.39, 0.29) is 23.7 Å². The second-order valence-corrected chi connectivity index (χ2v) is 6.30. The number of hydrogen-bond donors (Lipinski definition) is 2. The molecule has 1 atom stereocenters. The summed E-state index contributed by atoms with van der Waals surface area (Å²) >= 11 is 0. The number of ketones is 1. The van der Waals surface area contributed by atoms with E-state index in [1.165, 1.54) is 11.6 Å². The molecule has 0 aromatic carbocycles. The standard InChI is InChI=1S/C17H24N4O4/c1-5-8-21-15(18)14(16(23)20(4)17(21)24)13(22)10-19(3)9-12-7-6-11(2)25-12/h6-7H,5,8-10,18H2,1-4H3/p+1. The van der Waals surface area contributed by atoms with Gasteiger partial charge in [-0.3, -0.25) is 18.7 Å². The molecule has 0 saturated carbocycles. The Labute approximate surface area is 145 Å². The van der Waals surface area contributed by atoms with Gasteiger partial charge in [0.05, 0.1) is 7.05 Å². The van der Waals surface area contributed by atoms with E-state index in [0.29, 0.717) is 19.5 Å². The summed E-state index contributed by atoms with van der Waals surface area (Å²) in [5, 5.41) is 0. The molecule has 2 rings (SSSR count). The highest BCUT2D eigenvalue weighted by Crippen LogP contribution is 2.06. The molecule has 136 valence electrons. The molecule has 8 heteroatoms. The number of carbonyl (C=O) groups is 1. The maximum atomic E-state index is 12.7. The van der Waals surface area contributed by atoms with E-state index in [9.17, 15) is 14.4 Å².